The third-order valence-corrected chi connectivity index (χ3v) is 3.49. The van der Waals surface area contributed by atoms with E-state index in [0.29, 0.717) is 34.3 Å². The van der Waals surface area contributed by atoms with E-state index < -0.39 is 0 Å². The molecular formula is C17H20ClN3O2. The van der Waals surface area contributed by atoms with Crippen LogP contribution in [0.4, 0.5) is 11.4 Å². The van der Waals surface area contributed by atoms with Crippen LogP contribution < -0.4 is 15.4 Å². The van der Waals surface area contributed by atoms with Gasteiger partial charge in [-0.05, 0) is 30.7 Å². The summed E-state index contributed by atoms with van der Waals surface area (Å²) < 4.78 is 5.29. The number of benzene rings is 1. The number of nitrogens with one attached hydrogen (secondary N) is 2. The molecule has 0 aliphatic carbocycles. The van der Waals surface area contributed by atoms with E-state index in [4.69, 9.17) is 16.3 Å². The van der Waals surface area contributed by atoms with Crippen molar-refractivity contribution in [3.05, 3.63) is 47.2 Å². The molecular weight excluding hydrogens is 314 g/mol. The van der Waals surface area contributed by atoms with Gasteiger partial charge in [0, 0.05) is 17.8 Å². The van der Waals surface area contributed by atoms with E-state index in [9.17, 15) is 4.79 Å². The number of rotatable bonds is 7. The minimum absolute atomic E-state index is 0.132. The number of nitrogens with zero attached hydrogens (tertiary/aromatic N) is 1. The molecule has 0 saturated heterocycles. The van der Waals surface area contributed by atoms with Crippen molar-refractivity contribution in [2.45, 2.75) is 19.8 Å². The first kappa shape index (κ1) is 17.1. The first-order valence-electron chi connectivity index (χ1n) is 7.48. The van der Waals surface area contributed by atoms with Crippen molar-refractivity contribution < 1.29 is 9.53 Å². The maximum Gasteiger partial charge on any atom is 0.252 e. The van der Waals surface area contributed by atoms with Gasteiger partial charge in [-0.2, -0.15) is 0 Å². The summed E-state index contributed by atoms with van der Waals surface area (Å²) in [5.41, 5.74) is 1.91. The zero-order chi connectivity index (χ0) is 16.7. The van der Waals surface area contributed by atoms with Gasteiger partial charge in [-0.3, -0.25) is 9.78 Å². The molecule has 5 nitrogen and oxygen atoms in total. The second-order valence-corrected chi connectivity index (χ2v) is 5.48. The summed E-state index contributed by atoms with van der Waals surface area (Å²) in [4.78, 5) is 16.2. The summed E-state index contributed by atoms with van der Waals surface area (Å²) in [6.45, 7) is 2.74. The number of halogens is 1. The van der Waals surface area contributed by atoms with Gasteiger partial charge in [-0.15, -0.1) is 0 Å². The molecule has 0 bridgehead atoms. The normalized spacial score (nSPS) is 10.2. The maximum atomic E-state index is 12.1. The second-order valence-electron chi connectivity index (χ2n) is 5.04. The van der Waals surface area contributed by atoms with Gasteiger partial charge in [-0.25, -0.2) is 0 Å². The van der Waals surface area contributed by atoms with Crippen molar-refractivity contribution in [1.82, 2.24) is 10.3 Å². The number of unbranched alkanes of at least 4 members (excludes halogenated alkanes) is 1. The van der Waals surface area contributed by atoms with Crippen LogP contribution in [0.1, 0.15) is 30.1 Å². The molecule has 2 rings (SSSR count). The van der Waals surface area contributed by atoms with E-state index in [-0.39, 0.29) is 5.91 Å². The summed E-state index contributed by atoms with van der Waals surface area (Å²) in [5, 5.41) is 6.64. The molecule has 0 spiro atoms. The van der Waals surface area contributed by atoms with Crippen LogP contribution >= 0.6 is 11.6 Å². The lowest BCUT2D eigenvalue weighted by molar-refractivity contribution is 0.0953. The quantitative estimate of drug-likeness (QED) is 0.751. The number of carbonyl (C=O) groups is 1. The summed E-state index contributed by atoms with van der Waals surface area (Å²) in [7, 11) is 1.59. The summed E-state index contributed by atoms with van der Waals surface area (Å²) >= 11 is 6.02. The number of amides is 1. The Bertz CT molecular complexity index is 677. The average Bonchev–Trinajstić information content (AvgIpc) is 2.55. The molecule has 122 valence electrons. The predicted octanol–water partition coefficient (Wildman–Crippen LogP) is 4.02. The minimum atomic E-state index is -0.132. The zero-order valence-electron chi connectivity index (χ0n) is 13.2. The molecule has 0 saturated carbocycles. The molecule has 1 aromatic heterocycles. The Kier molecular flexibility index (Phi) is 6.23. The number of methoxy groups -OCH3 is 1. The van der Waals surface area contributed by atoms with Crippen molar-refractivity contribution in [1.29, 1.82) is 0 Å². The van der Waals surface area contributed by atoms with Gasteiger partial charge in [0.25, 0.3) is 5.91 Å². The van der Waals surface area contributed by atoms with Crippen LogP contribution in [-0.2, 0) is 0 Å². The van der Waals surface area contributed by atoms with Crippen LogP contribution in [0.3, 0.4) is 0 Å². The topological polar surface area (TPSA) is 63.2 Å². The highest BCUT2D eigenvalue weighted by atomic mass is 35.5. The Morgan fingerprint density at radius 3 is 2.87 bits per heavy atom. The Morgan fingerprint density at radius 2 is 2.13 bits per heavy atom. The maximum absolute atomic E-state index is 12.1. The molecule has 1 amide bonds. The van der Waals surface area contributed by atoms with Crippen LogP contribution in [0, 0.1) is 0 Å². The van der Waals surface area contributed by atoms with Crippen LogP contribution in [-0.4, -0.2) is 24.5 Å². The second kappa shape index (κ2) is 8.39. The Morgan fingerprint density at radius 1 is 1.30 bits per heavy atom. The lowest BCUT2D eigenvalue weighted by Gasteiger charge is -2.12. The summed E-state index contributed by atoms with van der Waals surface area (Å²) in [6.07, 6.45) is 5.18. The van der Waals surface area contributed by atoms with Crippen LogP contribution in [0.25, 0.3) is 0 Å². The van der Waals surface area contributed by atoms with E-state index in [1.807, 2.05) is 0 Å². The fraction of sp³-hybridized carbons (Fsp3) is 0.294. The highest BCUT2D eigenvalue weighted by molar-refractivity contribution is 6.31. The lowest BCUT2D eigenvalue weighted by Crippen LogP contribution is -2.24. The molecule has 0 unspecified atom stereocenters. The Labute approximate surface area is 141 Å². The van der Waals surface area contributed by atoms with Crippen molar-refractivity contribution in [3.63, 3.8) is 0 Å². The van der Waals surface area contributed by atoms with Gasteiger partial charge >= 0.3 is 0 Å². The highest BCUT2D eigenvalue weighted by Gasteiger charge is 2.08. The van der Waals surface area contributed by atoms with E-state index in [2.05, 4.69) is 22.5 Å². The molecule has 0 atom stereocenters. The molecule has 2 aromatic rings. The Balaban J connectivity index is 2.14. The lowest BCUT2D eigenvalue weighted by atomic mass is 10.2. The van der Waals surface area contributed by atoms with Gasteiger partial charge < -0.3 is 15.4 Å². The van der Waals surface area contributed by atoms with Crippen molar-refractivity contribution in [2.24, 2.45) is 0 Å². The van der Waals surface area contributed by atoms with E-state index in [0.717, 1.165) is 12.8 Å². The van der Waals surface area contributed by atoms with Crippen molar-refractivity contribution in [3.8, 4) is 5.75 Å². The third-order valence-electron chi connectivity index (χ3n) is 3.26. The molecule has 0 fully saturated rings. The van der Waals surface area contributed by atoms with Crippen molar-refractivity contribution >= 4 is 28.9 Å². The van der Waals surface area contributed by atoms with Gasteiger partial charge in [0.2, 0.25) is 0 Å². The Hall–Kier alpha value is -2.27. The monoisotopic (exact) mass is 333 g/mol. The van der Waals surface area contributed by atoms with Crippen LogP contribution in [0.5, 0.6) is 5.75 Å². The highest BCUT2D eigenvalue weighted by Crippen LogP contribution is 2.30. The number of carbonyl (C=O) groups excluding carboxylic acids is 1. The average molecular weight is 334 g/mol. The fourth-order valence-electron chi connectivity index (χ4n) is 2.05. The molecule has 2 N–H and O–H groups in total. The van der Waals surface area contributed by atoms with Gasteiger partial charge in [-0.1, -0.05) is 24.9 Å². The van der Waals surface area contributed by atoms with Gasteiger partial charge in [0.15, 0.2) is 0 Å². The summed E-state index contributed by atoms with van der Waals surface area (Å²) in [5.74, 6) is 0.528. The number of pyridine rings is 1. The zero-order valence-corrected chi connectivity index (χ0v) is 14.0. The molecule has 0 aliphatic heterocycles. The number of aromatic nitrogens is 1. The predicted molar refractivity (Wildman–Crippen MR) is 92.8 cm³/mol. The standard InChI is InChI=1S/C17H20ClN3O2/c1-3-4-7-20-17(22)12-8-14(11-19-10-12)21-15-9-13(18)5-6-16(15)23-2/h5-6,8-11,21H,3-4,7H2,1-2H3,(H,20,22). The van der Waals surface area contributed by atoms with E-state index >= 15 is 0 Å². The minimum Gasteiger partial charge on any atom is -0.495 e. The molecule has 1 aromatic carbocycles. The third kappa shape index (κ3) is 4.86. The van der Waals surface area contributed by atoms with E-state index in [1.165, 1.54) is 0 Å². The van der Waals surface area contributed by atoms with Gasteiger partial charge in [0.1, 0.15) is 5.75 Å². The first-order chi connectivity index (χ1) is 11.1. The molecule has 0 aliphatic rings. The fourth-order valence-corrected chi connectivity index (χ4v) is 2.22. The number of ether oxygens (including phenoxy) is 1. The smallest absolute Gasteiger partial charge is 0.252 e. The molecule has 6 heteroatoms. The largest absolute Gasteiger partial charge is 0.495 e. The molecule has 1 heterocycles. The summed E-state index contributed by atoms with van der Waals surface area (Å²) in [6, 6.07) is 7.03. The van der Waals surface area contributed by atoms with Gasteiger partial charge in [0.05, 0.1) is 30.2 Å². The van der Waals surface area contributed by atoms with Crippen LogP contribution in [0.15, 0.2) is 36.7 Å². The first-order valence-corrected chi connectivity index (χ1v) is 7.85. The van der Waals surface area contributed by atoms with Crippen LogP contribution in [0.2, 0.25) is 5.02 Å². The molecule has 23 heavy (non-hydrogen) atoms. The number of hydrogen-bond acceptors (Lipinski definition) is 4. The number of anilines is 2. The molecule has 0 radical (unpaired) electrons. The van der Waals surface area contributed by atoms with Crippen molar-refractivity contribution in [2.75, 3.05) is 19.0 Å². The number of hydrogen-bond donors (Lipinski definition) is 2. The SMILES string of the molecule is CCCCNC(=O)c1cncc(Nc2cc(Cl)ccc2OC)c1. The van der Waals surface area contributed by atoms with E-state index in [1.54, 1.807) is 43.8 Å².